The molecule has 1 aliphatic carbocycles. The summed E-state index contributed by atoms with van der Waals surface area (Å²) in [6.45, 7) is 3.96. The van der Waals surface area contributed by atoms with Crippen LogP contribution in [0.4, 0.5) is 0 Å². The normalized spacial score (nSPS) is 26.7. The molecule has 1 atom stereocenters. The number of nitrogens with one attached hydrogen (secondary N) is 1. The van der Waals surface area contributed by atoms with E-state index in [9.17, 15) is 14.7 Å². The number of carbonyl (C=O) groups is 1. The van der Waals surface area contributed by atoms with E-state index in [0.29, 0.717) is 32.5 Å². The lowest BCUT2D eigenvalue weighted by molar-refractivity contribution is -0.00290. The fourth-order valence-corrected chi connectivity index (χ4v) is 4.74. The van der Waals surface area contributed by atoms with E-state index in [2.05, 4.69) is 9.88 Å². The number of fused-ring (bicyclic) bond motifs is 1. The van der Waals surface area contributed by atoms with Crippen LogP contribution in [-0.2, 0) is 12.8 Å². The Bertz CT molecular complexity index is 738. The van der Waals surface area contributed by atoms with E-state index in [1.54, 1.807) is 11.0 Å². The van der Waals surface area contributed by atoms with Crippen LogP contribution in [0.2, 0.25) is 0 Å². The Morgan fingerprint density at radius 1 is 1.08 bits per heavy atom. The quantitative estimate of drug-likeness (QED) is 0.853. The lowest BCUT2D eigenvalue weighted by Gasteiger charge is -2.31. The minimum absolute atomic E-state index is 0.189. The monoisotopic (exact) mass is 359 g/mol. The standard InChI is InChI=1S/C20H29N3O3/c24-18-16(13-15-5-3-6-17(15)21-18)19(25)23-11-4-7-20(26,8-12-23)14-22-9-1-2-10-22/h13,26H,1-12,14H2,(H,21,24)/t20-/m0/s1. The molecule has 2 N–H and O–H groups in total. The van der Waals surface area contributed by atoms with E-state index in [-0.39, 0.29) is 17.0 Å². The predicted molar refractivity (Wildman–Crippen MR) is 99.5 cm³/mol. The fourth-order valence-electron chi connectivity index (χ4n) is 4.74. The first-order valence-corrected chi connectivity index (χ1v) is 10.0. The molecule has 0 radical (unpaired) electrons. The van der Waals surface area contributed by atoms with Crippen molar-refractivity contribution < 1.29 is 9.90 Å². The van der Waals surface area contributed by atoms with Gasteiger partial charge in [-0.15, -0.1) is 0 Å². The molecule has 0 aromatic carbocycles. The molecule has 1 aromatic rings. The highest BCUT2D eigenvalue weighted by Crippen LogP contribution is 2.26. The molecular weight excluding hydrogens is 330 g/mol. The van der Waals surface area contributed by atoms with Gasteiger partial charge in [0.15, 0.2) is 0 Å². The first kappa shape index (κ1) is 17.7. The van der Waals surface area contributed by atoms with Gasteiger partial charge in [0, 0.05) is 25.3 Å². The number of H-pyrrole nitrogens is 1. The van der Waals surface area contributed by atoms with Crippen molar-refractivity contribution in [2.24, 2.45) is 0 Å². The number of aliphatic hydroxyl groups is 1. The Hall–Kier alpha value is -1.66. The Labute approximate surface area is 154 Å². The number of likely N-dealkylation sites (tertiary alicyclic amines) is 2. The maximum atomic E-state index is 12.9. The zero-order valence-corrected chi connectivity index (χ0v) is 15.4. The number of pyridine rings is 1. The number of nitrogens with zero attached hydrogens (tertiary/aromatic N) is 2. The van der Waals surface area contributed by atoms with Crippen molar-refractivity contribution >= 4 is 5.91 Å². The van der Waals surface area contributed by atoms with E-state index in [1.165, 1.54) is 12.8 Å². The van der Waals surface area contributed by atoms with Crippen molar-refractivity contribution in [2.45, 2.75) is 57.0 Å². The predicted octanol–water partition coefficient (Wildman–Crippen LogP) is 1.32. The van der Waals surface area contributed by atoms with Crippen molar-refractivity contribution in [2.75, 3.05) is 32.7 Å². The van der Waals surface area contributed by atoms with Crippen molar-refractivity contribution in [1.29, 1.82) is 0 Å². The second-order valence-corrected chi connectivity index (χ2v) is 8.22. The van der Waals surface area contributed by atoms with Crippen molar-refractivity contribution in [1.82, 2.24) is 14.8 Å². The van der Waals surface area contributed by atoms with Gasteiger partial charge in [0.25, 0.3) is 11.5 Å². The lowest BCUT2D eigenvalue weighted by atomic mass is 9.94. The first-order valence-electron chi connectivity index (χ1n) is 10.0. The van der Waals surface area contributed by atoms with Crippen LogP contribution in [0.15, 0.2) is 10.9 Å². The number of carbonyl (C=O) groups excluding carboxylic acids is 1. The fraction of sp³-hybridized carbons (Fsp3) is 0.700. The molecule has 1 amide bonds. The molecule has 4 rings (SSSR count). The molecule has 0 saturated carbocycles. The van der Waals surface area contributed by atoms with Gasteiger partial charge in [-0.05, 0) is 76.1 Å². The van der Waals surface area contributed by atoms with Crippen LogP contribution >= 0.6 is 0 Å². The number of rotatable bonds is 3. The molecule has 1 aromatic heterocycles. The molecule has 2 aliphatic heterocycles. The molecule has 26 heavy (non-hydrogen) atoms. The number of amides is 1. The van der Waals surface area contributed by atoms with Gasteiger partial charge >= 0.3 is 0 Å². The summed E-state index contributed by atoms with van der Waals surface area (Å²) in [4.78, 5) is 32.3. The summed E-state index contributed by atoms with van der Waals surface area (Å²) in [5, 5.41) is 11.0. The summed E-state index contributed by atoms with van der Waals surface area (Å²) < 4.78 is 0. The molecule has 3 aliphatic rings. The van der Waals surface area contributed by atoms with Crippen LogP contribution in [0.25, 0.3) is 0 Å². The molecular formula is C20H29N3O3. The summed E-state index contributed by atoms with van der Waals surface area (Å²) in [6, 6.07) is 1.80. The van der Waals surface area contributed by atoms with Gasteiger partial charge in [0.05, 0.1) is 5.60 Å². The molecule has 2 fully saturated rings. The van der Waals surface area contributed by atoms with Crippen molar-refractivity contribution in [3.05, 3.63) is 33.2 Å². The number of hydrogen-bond donors (Lipinski definition) is 2. The van der Waals surface area contributed by atoms with Crippen LogP contribution in [-0.4, -0.2) is 64.1 Å². The molecule has 2 saturated heterocycles. The van der Waals surface area contributed by atoms with Gasteiger partial charge in [-0.1, -0.05) is 0 Å². The third-order valence-electron chi connectivity index (χ3n) is 6.24. The SMILES string of the molecule is O=C(c1cc2c([nH]c1=O)CCC2)N1CCC[C@@](O)(CN2CCCC2)CC1. The summed E-state index contributed by atoms with van der Waals surface area (Å²) in [5.41, 5.74) is 1.36. The lowest BCUT2D eigenvalue weighted by Crippen LogP contribution is -2.43. The van der Waals surface area contributed by atoms with E-state index in [4.69, 9.17) is 0 Å². The van der Waals surface area contributed by atoms with Gasteiger partial charge in [-0.3, -0.25) is 9.59 Å². The molecule has 0 bridgehead atoms. The smallest absolute Gasteiger partial charge is 0.261 e. The highest BCUT2D eigenvalue weighted by atomic mass is 16.3. The summed E-state index contributed by atoms with van der Waals surface area (Å²) >= 11 is 0. The highest BCUT2D eigenvalue weighted by Gasteiger charge is 2.34. The molecule has 6 heteroatoms. The average molecular weight is 359 g/mol. The largest absolute Gasteiger partial charge is 0.388 e. The van der Waals surface area contributed by atoms with Crippen LogP contribution in [0.3, 0.4) is 0 Å². The maximum Gasteiger partial charge on any atom is 0.261 e. The summed E-state index contributed by atoms with van der Waals surface area (Å²) in [5.74, 6) is -0.189. The van der Waals surface area contributed by atoms with Crippen LogP contribution in [0.5, 0.6) is 0 Å². The number of aromatic nitrogens is 1. The van der Waals surface area contributed by atoms with Gasteiger partial charge in [-0.2, -0.15) is 0 Å². The van der Waals surface area contributed by atoms with Crippen molar-refractivity contribution in [3.8, 4) is 0 Å². The van der Waals surface area contributed by atoms with Crippen LogP contribution < -0.4 is 5.56 Å². The highest BCUT2D eigenvalue weighted by molar-refractivity contribution is 5.94. The second-order valence-electron chi connectivity index (χ2n) is 8.22. The van der Waals surface area contributed by atoms with Crippen LogP contribution in [0.1, 0.15) is 60.1 Å². The van der Waals surface area contributed by atoms with Gasteiger partial charge in [0.1, 0.15) is 5.56 Å². The topological polar surface area (TPSA) is 76.6 Å². The van der Waals surface area contributed by atoms with Crippen LogP contribution in [0, 0.1) is 0 Å². The number of β-amino-alcohol motifs (C(OH)–C–C–N with tert-alkyl or cyclic N) is 1. The minimum atomic E-state index is -0.719. The summed E-state index contributed by atoms with van der Waals surface area (Å²) in [7, 11) is 0. The summed E-state index contributed by atoms with van der Waals surface area (Å²) in [6.07, 6.45) is 7.36. The third kappa shape index (κ3) is 3.58. The Morgan fingerprint density at radius 2 is 1.88 bits per heavy atom. The maximum absolute atomic E-state index is 12.9. The van der Waals surface area contributed by atoms with E-state index in [0.717, 1.165) is 50.0 Å². The zero-order chi connectivity index (χ0) is 18.1. The van der Waals surface area contributed by atoms with E-state index < -0.39 is 5.60 Å². The Balaban J connectivity index is 1.45. The third-order valence-corrected chi connectivity index (χ3v) is 6.24. The molecule has 142 valence electrons. The van der Waals surface area contributed by atoms with E-state index >= 15 is 0 Å². The molecule has 0 unspecified atom stereocenters. The van der Waals surface area contributed by atoms with Gasteiger partial charge < -0.3 is 19.9 Å². The van der Waals surface area contributed by atoms with E-state index in [1.807, 2.05) is 0 Å². The van der Waals surface area contributed by atoms with Gasteiger partial charge in [0.2, 0.25) is 0 Å². The molecule has 0 spiro atoms. The molecule has 6 nitrogen and oxygen atoms in total. The van der Waals surface area contributed by atoms with Gasteiger partial charge in [-0.25, -0.2) is 0 Å². The van der Waals surface area contributed by atoms with Crippen molar-refractivity contribution in [3.63, 3.8) is 0 Å². The first-order chi connectivity index (χ1) is 12.5. The second kappa shape index (κ2) is 7.16. The zero-order valence-electron chi connectivity index (χ0n) is 15.4. The minimum Gasteiger partial charge on any atom is -0.388 e. The Kier molecular flexibility index (Phi) is 4.88. The number of aryl methyl sites for hydroxylation is 2. The average Bonchev–Trinajstić information content (AvgIpc) is 3.23. The number of hydrogen-bond acceptors (Lipinski definition) is 4. The Morgan fingerprint density at radius 3 is 2.69 bits per heavy atom. The molecule has 3 heterocycles. The number of aromatic amines is 1.